The lowest BCUT2D eigenvalue weighted by molar-refractivity contribution is -0.127. The maximum Gasteiger partial charge on any atom is 0.247 e. The van der Waals surface area contributed by atoms with E-state index >= 15 is 0 Å². The topological polar surface area (TPSA) is 103 Å². The van der Waals surface area contributed by atoms with Gasteiger partial charge in [0.05, 0.1) is 6.54 Å². The highest BCUT2D eigenvalue weighted by atomic mass is 35.5. The molecule has 1 unspecified atom stereocenters. The average molecular weight is 414 g/mol. The SMILES string of the molecule is Cc1nnn(Cc2cc(Cl)ccc2C=CC(=O)N2CCCC2c2nnc(C)o2)n1. The number of aromatic nitrogens is 6. The van der Waals surface area contributed by atoms with Crippen LogP contribution in [0.1, 0.15) is 47.6 Å². The smallest absolute Gasteiger partial charge is 0.247 e. The number of tetrazole rings is 1. The Balaban J connectivity index is 1.53. The molecular formula is C19H20ClN7O2. The molecule has 0 bridgehead atoms. The molecule has 1 atom stereocenters. The van der Waals surface area contributed by atoms with Crippen LogP contribution in [0.4, 0.5) is 0 Å². The van der Waals surface area contributed by atoms with E-state index in [1.54, 1.807) is 37.0 Å². The molecule has 10 heteroatoms. The molecule has 1 fully saturated rings. The molecule has 0 aliphatic carbocycles. The summed E-state index contributed by atoms with van der Waals surface area (Å²) in [5, 5.41) is 20.6. The summed E-state index contributed by atoms with van der Waals surface area (Å²) in [6, 6.07) is 5.31. The van der Waals surface area contributed by atoms with Crippen molar-refractivity contribution in [1.29, 1.82) is 0 Å². The molecule has 3 heterocycles. The Labute approximate surface area is 172 Å². The van der Waals surface area contributed by atoms with Gasteiger partial charge < -0.3 is 9.32 Å². The lowest BCUT2D eigenvalue weighted by atomic mass is 10.1. The minimum atomic E-state index is -0.180. The van der Waals surface area contributed by atoms with Crippen LogP contribution in [0.2, 0.25) is 5.02 Å². The highest BCUT2D eigenvalue weighted by Gasteiger charge is 2.32. The number of nitrogens with zero attached hydrogens (tertiary/aromatic N) is 7. The van der Waals surface area contributed by atoms with Gasteiger partial charge in [0.25, 0.3) is 0 Å². The molecule has 0 spiro atoms. The molecular weight excluding hydrogens is 394 g/mol. The van der Waals surface area contributed by atoms with E-state index in [1.807, 2.05) is 12.1 Å². The Hall–Kier alpha value is -3.07. The molecule has 2 aromatic heterocycles. The van der Waals surface area contributed by atoms with Crippen LogP contribution >= 0.6 is 11.6 Å². The van der Waals surface area contributed by atoms with Crippen molar-refractivity contribution in [3.63, 3.8) is 0 Å². The molecule has 1 aromatic carbocycles. The first-order valence-corrected chi connectivity index (χ1v) is 9.69. The first-order valence-electron chi connectivity index (χ1n) is 9.31. The minimum absolute atomic E-state index is 0.0982. The monoisotopic (exact) mass is 413 g/mol. The van der Waals surface area contributed by atoms with Crippen LogP contribution in [0, 0.1) is 13.8 Å². The minimum Gasteiger partial charge on any atom is -0.423 e. The summed E-state index contributed by atoms with van der Waals surface area (Å²) in [6.07, 6.45) is 5.06. The third-order valence-corrected chi connectivity index (χ3v) is 4.97. The van der Waals surface area contributed by atoms with E-state index in [-0.39, 0.29) is 11.9 Å². The van der Waals surface area contributed by atoms with Crippen molar-refractivity contribution in [1.82, 2.24) is 35.3 Å². The fourth-order valence-corrected chi connectivity index (χ4v) is 3.60. The van der Waals surface area contributed by atoms with Crippen LogP contribution in [0.15, 0.2) is 28.7 Å². The predicted octanol–water partition coefficient (Wildman–Crippen LogP) is 2.75. The van der Waals surface area contributed by atoms with E-state index in [9.17, 15) is 4.79 Å². The van der Waals surface area contributed by atoms with E-state index in [0.29, 0.717) is 35.7 Å². The largest absolute Gasteiger partial charge is 0.423 e. The van der Waals surface area contributed by atoms with Gasteiger partial charge in [-0.3, -0.25) is 4.79 Å². The second kappa shape index (κ2) is 8.12. The van der Waals surface area contributed by atoms with Gasteiger partial charge in [0.2, 0.25) is 17.7 Å². The summed E-state index contributed by atoms with van der Waals surface area (Å²) in [5.74, 6) is 1.48. The molecule has 29 heavy (non-hydrogen) atoms. The Morgan fingerprint density at radius 3 is 2.90 bits per heavy atom. The number of hydrogen-bond donors (Lipinski definition) is 0. The van der Waals surface area contributed by atoms with Crippen LogP contribution in [0.3, 0.4) is 0 Å². The van der Waals surface area contributed by atoms with Crippen LogP contribution in [0.25, 0.3) is 6.08 Å². The zero-order chi connectivity index (χ0) is 20.4. The summed E-state index contributed by atoms with van der Waals surface area (Å²) in [6.45, 7) is 4.58. The predicted molar refractivity (Wildman–Crippen MR) is 105 cm³/mol. The molecule has 4 rings (SSSR count). The molecule has 1 aliphatic heterocycles. The van der Waals surface area contributed by atoms with E-state index < -0.39 is 0 Å². The fraction of sp³-hybridized carbons (Fsp3) is 0.368. The van der Waals surface area contributed by atoms with Gasteiger partial charge in [-0.1, -0.05) is 17.7 Å². The van der Waals surface area contributed by atoms with Gasteiger partial charge in [0.1, 0.15) is 6.04 Å². The molecule has 0 saturated carbocycles. The summed E-state index contributed by atoms with van der Waals surface area (Å²) in [4.78, 5) is 16.1. The maximum absolute atomic E-state index is 12.8. The molecule has 0 N–H and O–H groups in total. The van der Waals surface area contributed by atoms with Crippen molar-refractivity contribution in [2.45, 2.75) is 39.3 Å². The normalized spacial score (nSPS) is 16.8. The first-order chi connectivity index (χ1) is 14.0. The number of carbonyl (C=O) groups excluding carboxylic acids is 1. The summed E-state index contributed by atoms with van der Waals surface area (Å²) in [5.41, 5.74) is 1.76. The Morgan fingerprint density at radius 1 is 1.31 bits per heavy atom. The molecule has 150 valence electrons. The zero-order valence-electron chi connectivity index (χ0n) is 16.1. The number of benzene rings is 1. The third kappa shape index (κ3) is 4.34. The van der Waals surface area contributed by atoms with Gasteiger partial charge in [-0.25, -0.2) is 0 Å². The number of rotatable bonds is 5. The summed E-state index contributed by atoms with van der Waals surface area (Å²) < 4.78 is 5.53. The highest BCUT2D eigenvalue weighted by molar-refractivity contribution is 6.30. The standard InChI is InChI=1S/C19H20ClN7O2/c1-12-21-25-27(24-12)11-15-10-16(20)7-5-14(15)6-8-18(28)26-9-3-4-17(26)19-23-22-13(2)29-19/h5-8,10,17H,3-4,9,11H2,1-2H3. The van der Waals surface area contributed by atoms with Crippen LogP contribution < -0.4 is 0 Å². The number of hydrogen-bond acceptors (Lipinski definition) is 7. The first kappa shape index (κ1) is 19.3. The average Bonchev–Trinajstić information content (AvgIpc) is 3.42. The van der Waals surface area contributed by atoms with Gasteiger partial charge in [0, 0.05) is 24.6 Å². The molecule has 9 nitrogen and oxygen atoms in total. The fourth-order valence-electron chi connectivity index (χ4n) is 3.41. The van der Waals surface area contributed by atoms with Gasteiger partial charge >= 0.3 is 0 Å². The van der Waals surface area contributed by atoms with Crippen molar-refractivity contribution < 1.29 is 9.21 Å². The van der Waals surface area contributed by atoms with Crippen molar-refractivity contribution in [2.75, 3.05) is 6.54 Å². The van der Waals surface area contributed by atoms with Crippen LogP contribution in [0.5, 0.6) is 0 Å². The second-order valence-corrected chi connectivity index (χ2v) is 7.33. The summed E-state index contributed by atoms with van der Waals surface area (Å²) >= 11 is 6.16. The number of aryl methyl sites for hydroxylation is 2. The van der Waals surface area contributed by atoms with E-state index in [4.69, 9.17) is 16.0 Å². The quantitative estimate of drug-likeness (QED) is 0.592. The molecule has 1 amide bonds. The highest BCUT2D eigenvalue weighted by Crippen LogP contribution is 2.31. The van der Waals surface area contributed by atoms with Crippen LogP contribution in [-0.2, 0) is 11.3 Å². The number of amides is 1. The number of carbonyl (C=O) groups is 1. The van der Waals surface area contributed by atoms with Crippen LogP contribution in [-0.4, -0.2) is 47.8 Å². The molecule has 1 saturated heterocycles. The van der Waals surface area contributed by atoms with E-state index in [1.165, 1.54) is 4.80 Å². The Morgan fingerprint density at radius 2 is 2.17 bits per heavy atom. The van der Waals surface area contributed by atoms with Gasteiger partial charge in [0.15, 0.2) is 5.82 Å². The Bertz CT molecular complexity index is 1060. The van der Waals surface area contributed by atoms with Crippen molar-refractivity contribution in [3.8, 4) is 0 Å². The lowest BCUT2D eigenvalue weighted by Gasteiger charge is -2.20. The molecule has 3 aromatic rings. The van der Waals surface area contributed by atoms with Gasteiger partial charge in [-0.05, 0) is 54.3 Å². The van der Waals surface area contributed by atoms with Crippen molar-refractivity contribution in [3.05, 3.63) is 58.0 Å². The maximum atomic E-state index is 12.8. The molecule has 1 aliphatic rings. The number of likely N-dealkylation sites (tertiary alicyclic amines) is 1. The van der Waals surface area contributed by atoms with E-state index in [0.717, 1.165) is 24.0 Å². The summed E-state index contributed by atoms with van der Waals surface area (Å²) in [7, 11) is 0. The van der Waals surface area contributed by atoms with Gasteiger partial charge in [-0.2, -0.15) is 4.80 Å². The molecule has 0 radical (unpaired) electrons. The third-order valence-electron chi connectivity index (χ3n) is 4.74. The van der Waals surface area contributed by atoms with Crippen molar-refractivity contribution >= 4 is 23.6 Å². The van der Waals surface area contributed by atoms with E-state index in [2.05, 4.69) is 25.6 Å². The van der Waals surface area contributed by atoms with Gasteiger partial charge in [-0.15, -0.1) is 20.4 Å². The number of halogens is 1. The van der Waals surface area contributed by atoms with Crippen molar-refractivity contribution in [2.24, 2.45) is 0 Å². The second-order valence-electron chi connectivity index (χ2n) is 6.89. The lowest BCUT2D eigenvalue weighted by Crippen LogP contribution is -2.29. The zero-order valence-corrected chi connectivity index (χ0v) is 16.9. The Kier molecular flexibility index (Phi) is 5.39.